The van der Waals surface area contributed by atoms with E-state index >= 15 is 0 Å². The minimum Gasteiger partial charge on any atom is -0.441 e. The average Bonchev–Trinajstić information content (AvgIpc) is 3.32. The van der Waals surface area contributed by atoms with Crippen molar-refractivity contribution in [1.82, 2.24) is 4.90 Å². The third kappa shape index (κ3) is 4.06. The van der Waals surface area contributed by atoms with E-state index in [4.69, 9.17) is 15.2 Å². The Bertz CT molecular complexity index is 1530. The minimum absolute atomic E-state index is 0.732. The van der Waals surface area contributed by atoms with Crippen LogP contribution in [0.4, 0.5) is 0 Å². The molecule has 0 spiro atoms. The van der Waals surface area contributed by atoms with Gasteiger partial charge in [-0.1, -0.05) is 42.5 Å². The van der Waals surface area contributed by atoms with Crippen molar-refractivity contribution in [2.75, 3.05) is 32.8 Å². The van der Waals surface area contributed by atoms with Gasteiger partial charge in [0.2, 0.25) is 0 Å². The second kappa shape index (κ2) is 9.80. The zero-order chi connectivity index (χ0) is 24.5. The number of allylic oxidation sites excluding steroid dienone is 2. The van der Waals surface area contributed by atoms with Crippen molar-refractivity contribution in [2.24, 2.45) is 10.7 Å². The number of benzene rings is 3. The molecule has 0 atom stereocenters. The molecule has 4 aromatic rings. The van der Waals surface area contributed by atoms with E-state index in [1.165, 1.54) is 31.3 Å². The van der Waals surface area contributed by atoms with Crippen LogP contribution < -0.4 is 10.5 Å². The Morgan fingerprint density at radius 1 is 1.06 bits per heavy atom. The number of thiophene rings is 1. The number of rotatable bonds is 5. The molecule has 36 heavy (non-hydrogen) atoms. The van der Waals surface area contributed by atoms with Crippen LogP contribution >= 0.6 is 11.3 Å². The van der Waals surface area contributed by atoms with Crippen molar-refractivity contribution in [1.29, 1.82) is 0 Å². The van der Waals surface area contributed by atoms with Gasteiger partial charge in [-0.05, 0) is 42.7 Å². The number of nitrogens with zero attached hydrogens (tertiary/aromatic N) is 2. The quantitative estimate of drug-likeness (QED) is 0.334. The van der Waals surface area contributed by atoms with Crippen LogP contribution in [-0.4, -0.2) is 44.0 Å². The summed E-state index contributed by atoms with van der Waals surface area (Å²) in [5, 5.41) is 2.48. The van der Waals surface area contributed by atoms with Crippen molar-refractivity contribution in [2.45, 2.75) is 13.3 Å². The van der Waals surface area contributed by atoms with Crippen LogP contribution in [0.25, 0.3) is 36.9 Å². The first kappa shape index (κ1) is 22.8. The van der Waals surface area contributed by atoms with Gasteiger partial charge >= 0.3 is 0 Å². The summed E-state index contributed by atoms with van der Waals surface area (Å²) in [6.07, 6.45) is 6.56. The molecule has 2 N–H and O–H groups in total. The average molecular weight is 496 g/mol. The van der Waals surface area contributed by atoms with Crippen molar-refractivity contribution in [3.8, 4) is 16.9 Å². The first-order valence-electron chi connectivity index (χ1n) is 12.5. The van der Waals surface area contributed by atoms with Gasteiger partial charge in [0.05, 0.1) is 13.2 Å². The van der Waals surface area contributed by atoms with Gasteiger partial charge in [-0.25, -0.2) is 0 Å². The second-order valence-corrected chi connectivity index (χ2v) is 10.0. The fourth-order valence-corrected chi connectivity index (χ4v) is 6.20. The Morgan fingerprint density at radius 2 is 1.89 bits per heavy atom. The van der Waals surface area contributed by atoms with Gasteiger partial charge in [0.25, 0.3) is 0 Å². The zero-order valence-electron chi connectivity index (χ0n) is 20.4. The molecule has 6 rings (SSSR count). The van der Waals surface area contributed by atoms with Gasteiger partial charge < -0.3 is 20.1 Å². The molecule has 6 heteroatoms. The molecule has 1 aromatic heterocycles. The Kier molecular flexibility index (Phi) is 6.21. The lowest BCUT2D eigenvalue weighted by Crippen LogP contribution is -2.38. The van der Waals surface area contributed by atoms with E-state index in [0.29, 0.717) is 0 Å². The molecule has 182 valence electrons. The van der Waals surface area contributed by atoms with E-state index in [9.17, 15) is 0 Å². The molecular weight excluding hydrogens is 466 g/mol. The Hall–Kier alpha value is -3.61. The van der Waals surface area contributed by atoms with Crippen LogP contribution in [0.1, 0.15) is 18.1 Å². The lowest BCUT2D eigenvalue weighted by atomic mass is 9.97. The maximum absolute atomic E-state index is 6.58. The van der Waals surface area contributed by atoms with Gasteiger partial charge in [-0.2, -0.15) is 0 Å². The summed E-state index contributed by atoms with van der Waals surface area (Å²) in [5.41, 5.74) is 11.5. The topological polar surface area (TPSA) is 60.1 Å². The molecule has 3 aromatic carbocycles. The Balaban J connectivity index is 1.44. The molecule has 0 saturated carbocycles. The van der Waals surface area contributed by atoms with Crippen LogP contribution in [0.5, 0.6) is 5.75 Å². The molecule has 2 aliphatic heterocycles. The van der Waals surface area contributed by atoms with Crippen LogP contribution in [0.2, 0.25) is 0 Å². The van der Waals surface area contributed by atoms with Crippen molar-refractivity contribution >= 4 is 43.3 Å². The Morgan fingerprint density at radius 3 is 2.72 bits per heavy atom. The lowest BCUT2D eigenvalue weighted by molar-refractivity contribution is 0.0340. The minimum atomic E-state index is 0.732. The molecule has 5 nitrogen and oxygen atoms in total. The SMILES string of the molecule is CCN=C/C(=C\N)c1ccc2sc3c(-c4cccc5c4OC(N4CCOCC4)=CC5)cccc3c2c1. The molecule has 0 unspecified atom stereocenters. The number of aliphatic imine (C=N–C) groups is 1. The molecule has 2 aliphatic rings. The number of ether oxygens (including phenoxy) is 2. The first-order valence-corrected chi connectivity index (χ1v) is 13.3. The summed E-state index contributed by atoms with van der Waals surface area (Å²) in [4.78, 5) is 6.67. The molecule has 0 bridgehead atoms. The van der Waals surface area contributed by atoms with Crippen LogP contribution in [0.15, 0.2) is 77.7 Å². The zero-order valence-corrected chi connectivity index (χ0v) is 21.2. The molecule has 1 fully saturated rings. The highest BCUT2D eigenvalue weighted by molar-refractivity contribution is 7.26. The summed E-state index contributed by atoms with van der Waals surface area (Å²) in [6.45, 7) is 5.95. The molecule has 0 amide bonds. The van der Waals surface area contributed by atoms with E-state index in [0.717, 1.165) is 67.6 Å². The van der Waals surface area contributed by atoms with E-state index in [1.54, 1.807) is 6.20 Å². The lowest BCUT2D eigenvalue weighted by Gasteiger charge is -2.33. The van der Waals surface area contributed by atoms with Gasteiger partial charge in [0, 0.05) is 68.9 Å². The van der Waals surface area contributed by atoms with E-state index in [-0.39, 0.29) is 0 Å². The number of morpholine rings is 1. The standard InChI is InChI=1S/C30H29N3O2S/c1-2-32-19-22(18-31)21-9-11-27-26(17-21)25-8-4-7-24(30(25)36-27)23-6-3-5-20-10-12-28(35-29(20)23)33-13-15-34-16-14-33/h3-9,11-12,17-19H,2,10,13-16,31H2,1H3/b22-18+,32-19?. The van der Waals surface area contributed by atoms with Crippen molar-refractivity contribution < 1.29 is 9.47 Å². The van der Waals surface area contributed by atoms with E-state index in [1.807, 2.05) is 24.5 Å². The molecular formula is C30H29N3O2S. The number of nitrogens with two attached hydrogens (primary N) is 1. The summed E-state index contributed by atoms with van der Waals surface area (Å²) < 4.78 is 14.6. The van der Waals surface area contributed by atoms with E-state index in [2.05, 4.69) is 70.6 Å². The number of hydrogen-bond acceptors (Lipinski definition) is 6. The molecule has 3 heterocycles. The molecule has 0 aliphatic carbocycles. The highest BCUT2D eigenvalue weighted by atomic mass is 32.1. The number of hydrogen-bond donors (Lipinski definition) is 1. The first-order chi connectivity index (χ1) is 17.8. The second-order valence-electron chi connectivity index (χ2n) is 8.99. The fraction of sp³-hybridized carbons (Fsp3) is 0.233. The molecule has 1 saturated heterocycles. The smallest absolute Gasteiger partial charge is 0.192 e. The predicted molar refractivity (Wildman–Crippen MR) is 151 cm³/mol. The maximum Gasteiger partial charge on any atom is 0.192 e. The highest BCUT2D eigenvalue weighted by Gasteiger charge is 2.23. The van der Waals surface area contributed by atoms with Crippen molar-refractivity contribution in [3.63, 3.8) is 0 Å². The van der Waals surface area contributed by atoms with E-state index < -0.39 is 0 Å². The van der Waals surface area contributed by atoms with Gasteiger partial charge in [-0.3, -0.25) is 4.99 Å². The normalized spacial score (nSPS) is 16.4. The largest absolute Gasteiger partial charge is 0.441 e. The van der Waals surface area contributed by atoms with Gasteiger partial charge in [0.1, 0.15) is 5.75 Å². The van der Waals surface area contributed by atoms with Crippen LogP contribution in [0.3, 0.4) is 0 Å². The van der Waals surface area contributed by atoms with Crippen molar-refractivity contribution in [3.05, 3.63) is 83.9 Å². The third-order valence-corrected chi connectivity index (χ3v) is 8.06. The highest BCUT2D eigenvalue weighted by Crippen LogP contribution is 2.45. The van der Waals surface area contributed by atoms with Crippen LogP contribution in [0, 0.1) is 0 Å². The Labute approximate surface area is 215 Å². The van der Waals surface area contributed by atoms with Crippen LogP contribution in [-0.2, 0) is 11.2 Å². The summed E-state index contributed by atoms with van der Waals surface area (Å²) >= 11 is 1.83. The maximum atomic E-state index is 6.58. The summed E-state index contributed by atoms with van der Waals surface area (Å²) in [5.74, 6) is 1.91. The molecule has 0 radical (unpaired) electrons. The summed E-state index contributed by atoms with van der Waals surface area (Å²) in [6, 6.07) is 19.6. The van der Waals surface area contributed by atoms with Gasteiger partial charge in [-0.15, -0.1) is 11.3 Å². The number of para-hydroxylation sites is 1. The number of fused-ring (bicyclic) bond motifs is 4. The monoisotopic (exact) mass is 495 g/mol. The van der Waals surface area contributed by atoms with Gasteiger partial charge in [0.15, 0.2) is 5.88 Å². The fourth-order valence-electron chi connectivity index (χ4n) is 4.99. The predicted octanol–water partition coefficient (Wildman–Crippen LogP) is 6.22. The third-order valence-electron chi connectivity index (χ3n) is 6.84. The summed E-state index contributed by atoms with van der Waals surface area (Å²) in [7, 11) is 0.